The van der Waals surface area contributed by atoms with Gasteiger partial charge < -0.3 is 20.3 Å². The third kappa shape index (κ3) is 8.04. The zero-order valence-electron chi connectivity index (χ0n) is 17.7. The van der Waals surface area contributed by atoms with Crippen molar-refractivity contribution in [1.29, 1.82) is 0 Å². The molecule has 28 heavy (non-hydrogen) atoms. The second-order valence-corrected chi connectivity index (χ2v) is 6.92. The van der Waals surface area contributed by atoms with Crippen molar-refractivity contribution in [2.24, 2.45) is 4.99 Å². The van der Waals surface area contributed by atoms with Crippen molar-refractivity contribution >= 4 is 23.5 Å². The van der Waals surface area contributed by atoms with Gasteiger partial charge in [-0.25, -0.2) is 4.99 Å². The number of ether oxygens (including phenoxy) is 1. The van der Waals surface area contributed by atoms with Gasteiger partial charge in [-0.3, -0.25) is 9.69 Å². The Morgan fingerprint density at radius 2 is 1.89 bits per heavy atom. The molecule has 1 aromatic carbocycles. The smallest absolute Gasteiger partial charge is 0.243 e. The summed E-state index contributed by atoms with van der Waals surface area (Å²) in [5.41, 5.74) is 1.07. The van der Waals surface area contributed by atoms with Gasteiger partial charge >= 0.3 is 0 Å². The van der Waals surface area contributed by atoms with Crippen LogP contribution in [-0.4, -0.2) is 82.2 Å². The monoisotopic (exact) mass is 411 g/mol. The number of hydrogen-bond donors (Lipinski definition) is 2. The summed E-state index contributed by atoms with van der Waals surface area (Å²) in [7, 11) is 5.09. The van der Waals surface area contributed by atoms with Gasteiger partial charge in [0.2, 0.25) is 5.91 Å². The first-order chi connectivity index (χ1) is 13.4. The van der Waals surface area contributed by atoms with Gasteiger partial charge in [0, 0.05) is 39.3 Å². The predicted octanol–water partition coefficient (Wildman–Crippen LogP) is 1.99. The summed E-state index contributed by atoms with van der Waals surface area (Å²) in [6, 6.07) is 7.99. The average molecular weight is 412 g/mol. The number of nitrogens with zero attached hydrogens (tertiary/aromatic N) is 3. The molecule has 0 aliphatic heterocycles. The fourth-order valence-corrected chi connectivity index (χ4v) is 3.03. The summed E-state index contributed by atoms with van der Waals surface area (Å²) in [5, 5.41) is 7.31. The van der Waals surface area contributed by atoms with Crippen LogP contribution in [0.2, 0.25) is 5.02 Å². The van der Waals surface area contributed by atoms with Crippen LogP contribution in [0.4, 0.5) is 0 Å². The summed E-state index contributed by atoms with van der Waals surface area (Å²) in [6.45, 7) is 7.90. The highest BCUT2D eigenvalue weighted by molar-refractivity contribution is 6.31. The van der Waals surface area contributed by atoms with Gasteiger partial charge in [0.1, 0.15) is 6.54 Å². The van der Waals surface area contributed by atoms with Crippen molar-refractivity contribution in [3.05, 3.63) is 34.9 Å². The number of nitrogens with one attached hydrogen (secondary N) is 2. The molecule has 0 saturated heterocycles. The maximum atomic E-state index is 11.9. The molecule has 1 aromatic rings. The number of methoxy groups -OCH3 is 1. The Kier molecular flexibility index (Phi) is 11.6. The molecule has 0 radical (unpaired) electrons. The Morgan fingerprint density at radius 3 is 2.46 bits per heavy atom. The Morgan fingerprint density at radius 1 is 1.21 bits per heavy atom. The lowest BCUT2D eigenvalue weighted by Gasteiger charge is -2.31. The number of amides is 1. The zero-order chi connectivity index (χ0) is 20.9. The first kappa shape index (κ1) is 24.2. The van der Waals surface area contributed by atoms with Crippen LogP contribution in [0.1, 0.15) is 25.5 Å². The normalized spacial score (nSPS) is 12.8. The number of benzene rings is 1. The van der Waals surface area contributed by atoms with Crippen molar-refractivity contribution in [3.63, 3.8) is 0 Å². The Labute approximate surface area is 174 Å². The summed E-state index contributed by atoms with van der Waals surface area (Å²) in [5.74, 6) is 0.524. The lowest BCUT2D eigenvalue weighted by atomic mass is 10.0. The van der Waals surface area contributed by atoms with E-state index in [-0.39, 0.29) is 18.5 Å². The maximum Gasteiger partial charge on any atom is 0.243 e. The fourth-order valence-electron chi connectivity index (χ4n) is 2.77. The number of hydrogen-bond acceptors (Lipinski definition) is 4. The highest BCUT2D eigenvalue weighted by Gasteiger charge is 2.20. The SMILES string of the molecule is CCN(CC)C(CNC(=NCC(=O)N(C)C)NCCOC)c1ccccc1Cl. The molecule has 0 fully saturated rings. The van der Waals surface area contributed by atoms with E-state index in [9.17, 15) is 4.79 Å². The van der Waals surface area contributed by atoms with E-state index in [2.05, 4.69) is 40.4 Å². The highest BCUT2D eigenvalue weighted by atomic mass is 35.5. The minimum absolute atomic E-state index is 0.0563. The van der Waals surface area contributed by atoms with Gasteiger partial charge in [0.15, 0.2) is 5.96 Å². The minimum atomic E-state index is -0.0563. The van der Waals surface area contributed by atoms with Crippen molar-refractivity contribution < 1.29 is 9.53 Å². The first-order valence-corrected chi connectivity index (χ1v) is 10.0. The molecule has 1 amide bonds. The number of guanidine groups is 1. The lowest BCUT2D eigenvalue weighted by molar-refractivity contribution is -0.127. The van der Waals surface area contributed by atoms with E-state index in [1.54, 1.807) is 21.2 Å². The molecule has 2 N–H and O–H groups in total. The maximum absolute atomic E-state index is 11.9. The van der Waals surface area contributed by atoms with E-state index >= 15 is 0 Å². The van der Waals surface area contributed by atoms with Crippen LogP contribution in [0, 0.1) is 0 Å². The van der Waals surface area contributed by atoms with E-state index in [0.717, 1.165) is 23.7 Å². The molecule has 0 aromatic heterocycles. The van der Waals surface area contributed by atoms with E-state index < -0.39 is 0 Å². The van der Waals surface area contributed by atoms with Crippen LogP contribution in [0.15, 0.2) is 29.3 Å². The third-order valence-electron chi connectivity index (χ3n) is 4.45. The summed E-state index contributed by atoms with van der Waals surface area (Å²) >= 11 is 6.47. The summed E-state index contributed by atoms with van der Waals surface area (Å²) in [6.07, 6.45) is 0. The number of aliphatic imine (C=N–C) groups is 1. The number of halogens is 1. The molecule has 158 valence electrons. The van der Waals surface area contributed by atoms with E-state index in [0.29, 0.717) is 25.7 Å². The molecule has 0 spiro atoms. The quantitative estimate of drug-likeness (QED) is 0.331. The van der Waals surface area contributed by atoms with E-state index in [1.807, 2.05) is 18.2 Å². The van der Waals surface area contributed by atoms with Gasteiger partial charge in [0.05, 0.1) is 12.6 Å². The van der Waals surface area contributed by atoms with Crippen LogP contribution in [0.3, 0.4) is 0 Å². The summed E-state index contributed by atoms with van der Waals surface area (Å²) in [4.78, 5) is 20.2. The number of rotatable bonds is 11. The molecule has 1 atom stereocenters. The molecular weight excluding hydrogens is 378 g/mol. The molecule has 0 aliphatic carbocycles. The summed E-state index contributed by atoms with van der Waals surface area (Å²) < 4.78 is 5.09. The predicted molar refractivity (Wildman–Crippen MR) is 116 cm³/mol. The largest absolute Gasteiger partial charge is 0.383 e. The van der Waals surface area contributed by atoms with E-state index in [4.69, 9.17) is 16.3 Å². The van der Waals surface area contributed by atoms with Crippen molar-refractivity contribution in [1.82, 2.24) is 20.4 Å². The van der Waals surface area contributed by atoms with Gasteiger partial charge in [-0.1, -0.05) is 43.6 Å². The van der Waals surface area contributed by atoms with Gasteiger partial charge in [-0.15, -0.1) is 0 Å². The standard InChI is InChI=1S/C20H34ClN5O2/c1-6-26(7-2)18(16-10-8-9-11-17(16)21)14-23-20(22-12-13-28-5)24-15-19(27)25(3)4/h8-11,18H,6-7,12-15H2,1-5H3,(H2,22,23,24). The van der Waals surface area contributed by atoms with Crippen LogP contribution in [-0.2, 0) is 9.53 Å². The highest BCUT2D eigenvalue weighted by Crippen LogP contribution is 2.26. The van der Waals surface area contributed by atoms with Crippen LogP contribution < -0.4 is 10.6 Å². The molecule has 0 aliphatic rings. The minimum Gasteiger partial charge on any atom is -0.383 e. The van der Waals surface area contributed by atoms with Crippen molar-refractivity contribution in [2.45, 2.75) is 19.9 Å². The molecule has 1 unspecified atom stereocenters. The van der Waals surface area contributed by atoms with Crippen LogP contribution >= 0.6 is 11.6 Å². The van der Waals surface area contributed by atoms with Crippen LogP contribution in [0.25, 0.3) is 0 Å². The molecule has 1 rings (SSSR count). The third-order valence-corrected chi connectivity index (χ3v) is 4.79. The van der Waals surface area contributed by atoms with Gasteiger partial charge in [-0.2, -0.15) is 0 Å². The number of likely N-dealkylation sites (N-methyl/N-ethyl adjacent to an activating group) is 2. The Bertz CT molecular complexity index is 620. The van der Waals surface area contributed by atoms with Crippen molar-refractivity contribution in [3.8, 4) is 0 Å². The molecule has 0 bridgehead atoms. The first-order valence-electron chi connectivity index (χ1n) is 9.64. The average Bonchev–Trinajstić information content (AvgIpc) is 2.69. The van der Waals surface area contributed by atoms with Gasteiger partial charge in [0.25, 0.3) is 0 Å². The molecule has 8 heteroatoms. The zero-order valence-corrected chi connectivity index (χ0v) is 18.4. The molecule has 0 heterocycles. The van der Waals surface area contributed by atoms with E-state index in [1.165, 1.54) is 4.90 Å². The molecular formula is C20H34ClN5O2. The lowest BCUT2D eigenvalue weighted by Crippen LogP contribution is -2.44. The number of carbonyl (C=O) groups excluding carboxylic acids is 1. The Balaban J connectivity index is 2.94. The number of carbonyl (C=O) groups is 1. The molecule has 0 saturated carbocycles. The second-order valence-electron chi connectivity index (χ2n) is 6.51. The molecule has 7 nitrogen and oxygen atoms in total. The second kappa shape index (κ2) is 13.4. The Hall–Kier alpha value is -1.83. The van der Waals surface area contributed by atoms with Crippen molar-refractivity contribution in [2.75, 3.05) is 60.5 Å². The van der Waals surface area contributed by atoms with Gasteiger partial charge in [-0.05, 0) is 24.7 Å². The van der Waals surface area contributed by atoms with Crippen LogP contribution in [0.5, 0.6) is 0 Å². The fraction of sp³-hybridized carbons (Fsp3) is 0.600. The topological polar surface area (TPSA) is 69.2 Å².